The van der Waals surface area contributed by atoms with Gasteiger partial charge in [0.15, 0.2) is 0 Å². The first-order valence-electron chi connectivity index (χ1n) is 2.53. The van der Waals surface area contributed by atoms with Crippen molar-refractivity contribution in [1.82, 2.24) is 0 Å². The lowest BCUT2D eigenvalue weighted by molar-refractivity contribution is 1.57. The molecule has 1 rings (SSSR count). The SMILES string of the molecule is C=c1ccc(=C)cc1. The molecule has 0 amide bonds. The third-order valence-electron chi connectivity index (χ3n) is 1.02. The molecule has 0 N–H and O–H groups in total. The topological polar surface area (TPSA) is 0 Å². The Morgan fingerprint density at radius 2 is 1.00 bits per heavy atom. The smallest absolute Gasteiger partial charge is 0.0328 e. The highest BCUT2D eigenvalue weighted by atomic mass is 13.8. The van der Waals surface area contributed by atoms with Gasteiger partial charge in [0.25, 0.3) is 0 Å². The molecule has 1 aromatic carbocycles. The van der Waals surface area contributed by atoms with Crippen molar-refractivity contribution in [3.63, 3.8) is 0 Å². The molecule has 0 radical (unpaired) electrons. The summed E-state index contributed by atoms with van der Waals surface area (Å²) in [5.74, 6) is 0. The van der Waals surface area contributed by atoms with Crippen molar-refractivity contribution in [3.05, 3.63) is 34.7 Å². The Bertz CT molecular complexity index is 207. The lowest BCUT2D eigenvalue weighted by Crippen LogP contribution is -2.02. The van der Waals surface area contributed by atoms with Crippen LogP contribution in [0.2, 0.25) is 0 Å². The Labute approximate surface area is 48.8 Å². The van der Waals surface area contributed by atoms with Gasteiger partial charge in [-0.25, -0.2) is 0 Å². The second kappa shape index (κ2) is 1.83. The minimum Gasteiger partial charge on any atom is -0.0918 e. The van der Waals surface area contributed by atoms with Crippen LogP contribution in [0.15, 0.2) is 24.3 Å². The van der Waals surface area contributed by atoms with Crippen molar-refractivity contribution in [2.75, 3.05) is 0 Å². The van der Waals surface area contributed by atoms with Crippen molar-refractivity contribution in [3.8, 4) is 0 Å². The third kappa shape index (κ3) is 0.969. The molecule has 0 nitrogen and oxygen atoms in total. The summed E-state index contributed by atoms with van der Waals surface area (Å²) in [6, 6.07) is 7.79. The van der Waals surface area contributed by atoms with Gasteiger partial charge in [-0.1, -0.05) is 37.4 Å². The van der Waals surface area contributed by atoms with Crippen molar-refractivity contribution in [2.45, 2.75) is 0 Å². The first-order valence-corrected chi connectivity index (χ1v) is 2.53. The molecule has 0 saturated heterocycles. The highest BCUT2D eigenvalue weighted by molar-refractivity contribution is 5.13. The Morgan fingerprint density at radius 1 is 0.750 bits per heavy atom. The van der Waals surface area contributed by atoms with E-state index in [1.54, 1.807) is 0 Å². The van der Waals surface area contributed by atoms with Gasteiger partial charge in [0.2, 0.25) is 0 Å². The minimum absolute atomic E-state index is 1.04. The van der Waals surface area contributed by atoms with Crippen molar-refractivity contribution >= 4 is 13.2 Å². The molecule has 0 bridgehead atoms. The summed E-state index contributed by atoms with van der Waals surface area (Å²) < 4.78 is 0. The molecule has 0 heterocycles. The summed E-state index contributed by atoms with van der Waals surface area (Å²) in [6.07, 6.45) is 0. The highest BCUT2D eigenvalue weighted by Gasteiger charge is 1.69. The molecular formula is C8H8. The molecule has 0 fully saturated rings. The van der Waals surface area contributed by atoms with Crippen LogP contribution < -0.4 is 10.4 Å². The summed E-state index contributed by atoms with van der Waals surface area (Å²) in [5, 5.41) is 2.08. The van der Waals surface area contributed by atoms with Crippen LogP contribution in [0.1, 0.15) is 0 Å². The van der Waals surface area contributed by atoms with Gasteiger partial charge in [0.05, 0.1) is 0 Å². The first-order chi connectivity index (χ1) is 3.79. The maximum atomic E-state index is 3.73. The predicted octanol–water partition coefficient (Wildman–Crippen LogP) is 0.507. The Balaban J connectivity index is 3.44. The van der Waals surface area contributed by atoms with Gasteiger partial charge in [0.1, 0.15) is 0 Å². The maximum absolute atomic E-state index is 3.73. The second-order valence-corrected chi connectivity index (χ2v) is 1.82. The van der Waals surface area contributed by atoms with E-state index in [0.29, 0.717) is 0 Å². The molecule has 0 heteroatoms. The molecule has 0 aliphatic rings. The summed E-state index contributed by atoms with van der Waals surface area (Å²) in [4.78, 5) is 0. The molecular weight excluding hydrogens is 96.1 g/mol. The lowest BCUT2D eigenvalue weighted by Gasteiger charge is -1.78. The lowest BCUT2D eigenvalue weighted by atomic mass is 10.3. The normalized spacial score (nSPS) is 9.00. The van der Waals surface area contributed by atoms with Gasteiger partial charge >= 0.3 is 0 Å². The fourth-order valence-electron chi connectivity index (χ4n) is 0.539. The monoisotopic (exact) mass is 104 g/mol. The highest BCUT2D eigenvalue weighted by Crippen LogP contribution is 1.62. The van der Waals surface area contributed by atoms with Gasteiger partial charge in [-0.05, 0) is 10.4 Å². The molecule has 0 atom stereocenters. The molecule has 0 aliphatic carbocycles. The van der Waals surface area contributed by atoms with Gasteiger partial charge in [-0.2, -0.15) is 0 Å². The van der Waals surface area contributed by atoms with E-state index in [-0.39, 0.29) is 0 Å². The quantitative estimate of drug-likeness (QED) is 0.450. The van der Waals surface area contributed by atoms with Crippen LogP contribution in [0, 0.1) is 0 Å². The van der Waals surface area contributed by atoms with Crippen LogP contribution in [0.25, 0.3) is 13.2 Å². The zero-order valence-corrected chi connectivity index (χ0v) is 4.72. The average molecular weight is 104 g/mol. The Morgan fingerprint density at radius 3 is 1.25 bits per heavy atom. The van der Waals surface area contributed by atoms with Crippen LogP contribution >= 0.6 is 0 Å². The third-order valence-corrected chi connectivity index (χ3v) is 1.02. The molecule has 0 aromatic heterocycles. The number of rotatable bonds is 0. The van der Waals surface area contributed by atoms with Gasteiger partial charge in [0, 0.05) is 0 Å². The summed E-state index contributed by atoms with van der Waals surface area (Å²) in [5.41, 5.74) is 0. The minimum atomic E-state index is 1.04. The van der Waals surface area contributed by atoms with E-state index in [9.17, 15) is 0 Å². The van der Waals surface area contributed by atoms with E-state index in [0.717, 1.165) is 10.4 Å². The van der Waals surface area contributed by atoms with Gasteiger partial charge < -0.3 is 0 Å². The van der Waals surface area contributed by atoms with Crippen LogP contribution in [0.4, 0.5) is 0 Å². The van der Waals surface area contributed by atoms with E-state index in [2.05, 4.69) is 13.2 Å². The molecule has 0 spiro atoms. The number of benzene rings is 1. The van der Waals surface area contributed by atoms with Gasteiger partial charge in [-0.15, -0.1) is 0 Å². The first kappa shape index (κ1) is 5.10. The van der Waals surface area contributed by atoms with E-state index in [1.807, 2.05) is 24.3 Å². The molecule has 40 valence electrons. The van der Waals surface area contributed by atoms with E-state index < -0.39 is 0 Å². The second-order valence-electron chi connectivity index (χ2n) is 1.82. The molecule has 8 heavy (non-hydrogen) atoms. The fraction of sp³-hybridized carbons (Fsp3) is 0. The molecule has 1 aromatic rings. The Hall–Kier alpha value is -1.04. The van der Waals surface area contributed by atoms with Crippen molar-refractivity contribution in [1.29, 1.82) is 0 Å². The summed E-state index contributed by atoms with van der Waals surface area (Å²) >= 11 is 0. The van der Waals surface area contributed by atoms with Gasteiger partial charge in [-0.3, -0.25) is 0 Å². The van der Waals surface area contributed by atoms with Crippen molar-refractivity contribution < 1.29 is 0 Å². The van der Waals surface area contributed by atoms with Crippen LogP contribution in [-0.4, -0.2) is 0 Å². The largest absolute Gasteiger partial charge is 0.0918 e. The molecule has 0 aliphatic heterocycles. The maximum Gasteiger partial charge on any atom is -0.0328 e. The molecule has 0 unspecified atom stereocenters. The number of hydrogen-bond donors (Lipinski definition) is 0. The zero-order valence-electron chi connectivity index (χ0n) is 4.72. The van der Waals surface area contributed by atoms with E-state index in [1.165, 1.54) is 0 Å². The standard InChI is InChI=1S/C8H8/c1-7-3-5-8(2)6-4-7/h3-6H,1-2H2. The molecule has 0 saturated carbocycles. The summed E-state index contributed by atoms with van der Waals surface area (Å²) in [7, 11) is 0. The van der Waals surface area contributed by atoms with E-state index >= 15 is 0 Å². The fourth-order valence-corrected chi connectivity index (χ4v) is 0.539. The van der Waals surface area contributed by atoms with Crippen LogP contribution in [-0.2, 0) is 0 Å². The van der Waals surface area contributed by atoms with E-state index in [4.69, 9.17) is 0 Å². The Kier molecular flexibility index (Phi) is 1.17. The van der Waals surface area contributed by atoms with Crippen LogP contribution in [0.3, 0.4) is 0 Å². The zero-order chi connectivity index (χ0) is 5.98. The predicted molar refractivity (Wildman–Crippen MR) is 36.7 cm³/mol. The van der Waals surface area contributed by atoms with Crippen LogP contribution in [0.5, 0.6) is 0 Å². The summed E-state index contributed by atoms with van der Waals surface area (Å²) in [6.45, 7) is 7.47. The van der Waals surface area contributed by atoms with Crippen molar-refractivity contribution in [2.24, 2.45) is 0 Å². The number of hydrogen-bond acceptors (Lipinski definition) is 0. The average Bonchev–Trinajstić information content (AvgIpc) is 1.77.